The van der Waals surface area contributed by atoms with E-state index in [0.717, 1.165) is 24.4 Å². The third kappa shape index (κ3) is 3.85. The quantitative estimate of drug-likeness (QED) is 0.707. The van der Waals surface area contributed by atoms with E-state index in [1.54, 1.807) is 0 Å². The Morgan fingerprint density at radius 3 is 2.71 bits per heavy atom. The van der Waals surface area contributed by atoms with Crippen LogP contribution in [0.3, 0.4) is 0 Å². The average molecular weight is 333 g/mol. The van der Waals surface area contributed by atoms with Crippen LogP contribution >= 0.6 is 0 Å². The molecule has 0 heterocycles. The predicted octanol–water partition coefficient (Wildman–Crippen LogP) is 4.55. The van der Waals surface area contributed by atoms with Gasteiger partial charge in [0.1, 0.15) is 0 Å². The Morgan fingerprint density at radius 2 is 2.00 bits per heavy atom. The van der Waals surface area contributed by atoms with Crippen LogP contribution in [0.25, 0.3) is 0 Å². The van der Waals surface area contributed by atoms with Gasteiger partial charge in [0.05, 0.1) is 0 Å². The van der Waals surface area contributed by atoms with E-state index in [4.69, 9.17) is 0 Å². The van der Waals surface area contributed by atoms with Crippen molar-refractivity contribution in [2.24, 2.45) is 11.8 Å². The highest BCUT2D eigenvalue weighted by Gasteiger charge is 2.44. The molecule has 3 saturated carbocycles. The Balaban J connectivity index is 1.27. The summed E-state index contributed by atoms with van der Waals surface area (Å²) < 4.78 is 25.7. The van der Waals surface area contributed by atoms with Gasteiger partial charge in [0.15, 0.2) is 5.78 Å². The summed E-state index contributed by atoms with van der Waals surface area (Å²) in [6.45, 7) is 1.13. The maximum absolute atomic E-state index is 12.8. The molecule has 0 spiro atoms. The summed E-state index contributed by atoms with van der Waals surface area (Å²) in [5.41, 5.74) is 1.98. The van der Waals surface area contributed by atoms with E-state index in [9.17, 15) is 13.6 Å². The molecule has 24 heavy (non-hydrogen) atoms. The Morgan fingerprint density at radius 1 is 1.21 bits per heavy atom. The largest absolute Gasteiger partial charge is 0.313 e. The molecule has 130 valence electrons. The number of hydrogen-bond acceptors (Lipinski definition) is 2. The molecule has 2 atom stereocenters. The molecule has 0 amide bonds. The van der Waals surface area contributed by atoms with Gasteiger partial charge in [-0.1, -0.05) is 18.2 Å². The van der Waals surface area contributed by atoms with Crippen LogP contribution in [-0.2, 0) is 0 Å². The molecule has 2 unspecified atom stereocenters. The van der Waals surface area contributed by atoms with Crippen molar-refractivity contribution in [3.8, 4) is 0 Å². The minimum absolute atomic E-state index is 0.0200. The smallest absolute Gasteiger partial charge is 0.248 e. The van der Waals surface area contributed by atoms with E-state index >= 15 is 0 Å². The van der Waals surface area contributed by atoms with E-state index in [1.807, 2.05) is 18.2 Å². The summed E-state index contributed by atoms with van der Waals surface area (Å²) in [6, 6.07) is 8.49. The molecular weight excluding hydrogens is 308 g/mol. The standard InChI is InChI=1S/C20H25F2NO/c21-20(22)10-14(11-20)6-7-19(24)16-3-1-2-15(8-16)17-9-18(17)23-12-13-4-5-13/h1-3,8,13-14,17-18,23H,4-7,9-12H2. The highest BCUT2D eigenvalue weighted by atomic mass is 19.3. The second kappa shape index (κ2) is 6.21. The van der Waals surface area contributed by atoms with Crippen molar-refractivity contribution in [2.75, 3.05) is 6.54 Å². The van der Waals surface area contributed by atoms with Gasteiger partial charge in [0.25, 0.3) is 0 Å². The van der Waals surface area contributed by atoms with Crippen LogP contribution in [0.5, 0.6) is 0 Å². The zero-order chi connectivity index (χ0) is 16.7. The highest BCUT2D eigenvalue weighted by Crippen LogP contribution is 2.45. The number of carbonyl (C=O) groups is 1. The number of nitrogens with one attached hydrogen (secondary N) is 1. The van der Waals surface area contributed by atoms with Crippen LogP contribution < -0.4 is 5.32 Å². The van der Waals surface area contributed by atoms with Crippen LogP contribution in [0.4, 0.5) is 8.78 Å². The lowest BCUT2D eigenvalue weighted by molar-refractivity contribution is -0.111. The average Bonchev–Trinajstić information content (AvgIpc) is 3.43. The molecule has 0 bridgehead atoms. The molecule has 1 aromatic carbocycles. The molecule has 3 aliphatic rings. The van der Waals surface area contributed by atoms with Crippen molar-refractivity contribution in [1.82, 2.24) is 5.32 Å². The fraction of sp³-hybridized carbons (Fsp3) is 0.650. The molecule has 4 heteroatoms. The number of benzene rings is 1. The van der Waals surface area contributed by atoms with E-state index in [-0.39, 0.29) is 24.5 Å². The summed E-state index contributed by atoms with van der Waals surface area (Å²) in [4.78, 5) is 12.3. The first-order valence-corrected chi connectivity index (χ1v) is 9.24. The molecule has 4 rings (SSSR count). The molecule has 2 nitrogen and oxygen atoms in total. The van der Waals surface area contributed by atoms with Crippen molar-refractivity contribution in [3.05, 3.63) is 35.4 Å². The molecule has 0 aromatic heterocycles. The molecule has 0 saturated heterocycles. The number of hydrogen-bond donors (Lipinski definition) is 1. The molecule has 0 radical (unpaired) electrons. The number of ketones is 1. The number of carbonyl (C=O) groups excluding carboxylic acids is 1. The molecule has 3 fully saturated rings. The van der Waals surface area contributed by atoms with Gasteiger partial charge in [-0.05, 0) is 55.7 Å². The summed E-state index contributed by atoms with van der Waals surface area (Å²) in [5.74, 6) is -0.955. The van der Waals surface area contributed by atoms with Crippen LogP contribution in [0, 0.1) is 11.8 Å². The van der Waals surface area contributed by atoms with Crippen LogP contribution in [0.15, 0.2) is 24.3 Å². The third-order valence-electron chi connectivity index (χ3n) is 5.75. The lowest BCUT2D eigenvalue weighted by Gasteiger charge is -2.34. The van der Waals surface area contributed by atoms with Gasteiger partial charge in [-0.25, -0.2) is 8.78 Å². The fourth-order valence-corrected chi connectivity index (χ4v) is 3.84. The number of alkyl halides is 2. The normalized spacial score (nSPS) is 28.4. The third-order valence-corrected chi connectivity index (χ3v) is 5.75. The molecule has 1 N–H and O–H groups in total. The van der Waals surface area contributed by atoms with Crippen LogP contribution in [0.1, 0.15) is 66.8 Å². The van der Waals surface area contributed by atoms with Gasteiger partial charge < -0.3 is 5.32 Å². The summed E-state index contributed by atoms with van der Waals surface area (Å²) in [6.07, 6.45) is 4.77. The minimum Gasteiger partial charge on any atom is -0.313 e. The van der Waals surface area contributed by atoms with Crippen molar-refractivity contribution in [2.45, 2.75) is 62.8 Å². The van der Waals surface area contributed by atoms with E-state index < -0.39 is 5.92 Å². The first kappa shape index (κ1) is 16.2. The minimum atomic E-state index is -2.48. The Bertz CT molecular complexity index is 618. The van der Waals surface area contributed by atoms with E-state index in [1.165, 1.54) is 18.4 Å². The number of rotatable bonds is 8. The Labute approximate surface area is 142 Å². The fourth-order valence-electron chi connectivity index (χ4n) is 3.84. The Kier molecular flexibility index (Phi) is 4.19. The first-order chi connectivity index (χ1) is 11.5. The summed E-state index contributed by atoms with van der Waals surface area (Å²) >= 11 is 0. The zero-order valence-corrected chi connectivity index (χ0v) is 13.9. The van der Waals surface area contributed by atoms with Gasteiger partial charge in [-0.2, -0.15) is 0 Å². The van der Waals surface area contributed by atoms with Crippen LogP contribution in [-0.4, -0.2) is 24.3 Å². The lowest BCUT2D eigenvalue weighted by atomic mass is 9.78. The van der Waals surface area contributed by atoms with Gasteiger partial charge in [-0.15, -0.1) is 0 Å². The monoisotopic (exact) mass is 333 g/mol. The van der Waals surface area contributed by atoms with Gasteiger partial charge in [0.2, 0.25) is 5.92 Å². The van der Waals surface area contributed by atoms with Crippen molar-refractivity contribution in [1.29, 1.82) is 0 Å². The number of halogens is 2. The molecular formula is C20H25F2NO. The summed E-state index contributed by atoms with van der Waals surface area (Å²) in [7, 11) is 0. The van der Waals surface area contributed by atoms with Crippen molar-refractivity contribution in [3.63, 3.8) is 0 Å². The van der Waals surface area contributed by atoms with Gasteiger partial charge >= 0.3 is 0 Å². The molecule has 1 aromatic rings. The topological polar surface area (TPSA) is 29.1 Å². The van der Waals surface area contributed by atoms with E-state index in [2.05, 4.69) is 11.4 Å². The second-order valence-corrected chi connectivity index (χ2v) is 8.02. The maximum Gasteiger partial charge on any atom is 0.248 e. The van der Waals surface area contributed by atoms with Crippen LogP contribution in [0.2, 0.25) is 0 Å². The van der Waals surface area contributed by atoms with Gasteiger partial charge in [0, 0.05) is 36.8 Å². The zero-order valence-electron chi connectivity index (χ0n) is 13.9. The summed E-state index contributed by atoms with van der Waals surface area (Å²) in [5, 5.41) is 3.62. The lowest BCUT2D eigenvalue weighted by Crippen LogP contribution is -2.35. The SMILES string of the molecule is O=C(CCC1CC(F)(F)C1)c1cccc(C2CC2NCC2CC2)c1. The molecule has 0 aliphatic heterocycles. The number of Topliss-reactive ketones (excluding diaryl/α,β-unsaturated/α-hetero) is 1. The molecule has 3 aliphatic carbocycles. The van der Waals surface area contributed by atoms with E-state index in [0.29, 0.717) is 24.8 Å². The predicted molar refractivity (Wildman–Crippen MR) is 89.6 cm³/mol. The maximum atomic E-state index is 12.8. The van der Waals surface area contributed by atoms with Crippen molar-refractivity contribution < 1.29 is 13.6 Å². The second-order valence-electron chi connectivity index (χ2n) is 8.02. The first-order valence-electron chi connectivity index (χ1n) is 9.24. The Hall–Kier alpha value is -1.29. The van der Waals surface area contributed by atoms with Gasteiger partial charge in [-0.3, -0.25) is 4.79 Å². The van der Waals surface area contributed by atoms with Crippen molar-refractivity contribution >= 4 is 5.78 Å². The highest BCUT2D eigenvalue weighted by molar-refractivity contribution is 5.96.